The second-order valence-corrected chi connectivity index (χ2v) is 4.65. The van der Waals surface area contributed by atoms with E-state index in [2.05, 4.69) is 4.74 Å². The highest BCUT2D eigenvalue weighted by Gasteiger charge is 2.39. The molecular formula is C11H5F6NO2S. The molecule has 0 radical (unpaired) electrons. The number of thioether (sulfide) groups is 1. The van der Waals surface area contributed by atoms with Crippen molar-refractivity contribution >= 4 is 17.7 Å². The number of carbonyl (C=O) groups is 1. The first-order valence-electron chi connectivity index (χ1n) is 4.99. The quantitative estimate of drug-likeness (QED) is 0.468. The minimum absolute atomic E-state index is 0.195. The molecule has 10 heteroatoms. The molecule has 0 aliphatic carbocycles. The molecule has 1 aromatic carbocycles. The topological polar surface area (TPSA) is 50.1 Å². The summed E-state index contributed by atoms with van der Waals surface area (Å²) in [6.07, 6.45) is -5.10. The Labute approximate surface area is 118 Å². The van der Waals surface area contributed by atoms with Crippen LogP contribution in [0.2, 0.25) is 0 Å². The molecule has 0 atom stereocenters. The molecule has 0 saturated heterocycles. The fourth-order valence-corrected chi connectivity index (χ4v) is 2.09. The van der Waals surface area contributed by atoms with Gasteiger partial charge in [0.05, 0.1) is 23.8 Å². The predicted molar refractivity (Wildman–Crippen MR) is 59.4 cm³/mol. The molecule has 0 spiro atoms. The molecular weight excluding hydrogens is 324 g/mol. The Morgan fingerprint density at radius 1 is 1.24 bits per heavy atom. The van der Waals surface area contributed by atoms with Crippen molar-refractivity contribution in [3.63, 3.8) is 0 Å². The minimum Gasteiger partial charge on any atom is -0.465 e. The molecule has 0 aliphatic heterocycles. The third-order valence-corrected chi connectivity index (χ3v) is 2.97. The van der Waals surface area contributed by atoms with Gasteiger partial charge in [0.15, 0.2) is 0 Å². The van der Waals surface area contributed by atoms with Gasteiger partial charge < -0.3 is 4.74 Å². The van der Waals surface area contributed by atoms with E-state index in [0.717, 1.165) is 7.11 Å². The van der Waals surface area contributed by atoms with E-state index in [0.29, 0.717) is 6.07 Å². The molecule has 3 nitrogen and oxygen atoms in total. The average Bonchev–Trinajstić information content (AvgIpc) is 2.34. The SMILES string of the molecule is COC(=O)c1cc(SC(F)(F)F)c(C(F)(F)F)cc1C#N. The van der Waals surface area contributed by atoms with Gasteiger partial charge in [0.1, 0.15) is 6.07 Å². The monoisotopic (exact) mass is 329 g/mol. The first-order chi connectivity index (χ1) is 9.49. The van der Waals surface area contributed by atoms with Crippen molar-refractivity contribution < 1.29 is 35.9 Å². The lowest BCUT2D eigenvalue weighted by atomic mass is 10.0. The maximum atomic E-state index is 12.7. The van der Waals surface area contributed by atoms with Gasteiger partial charge in [-0.15, -0.1) is 0 Å². The van der Waals surface area contributed by atoms with Crippen LogP contribution in [0.15, 0.2) is 17.0 Å². The maximum absolute atomic E-state index is 12.7. The van der Waals surface area contributed by atoms with E-state index < -0.39 is 51.0 Å². The van der Waals surface area contributed by atoms with Crippen LogP contribution in [0, 0.1) is 11.3 Å². The van der Waals surface area contributed by atoms with E-state index in [-0.39, 0.29) is 6.07 Å². The van der Waals surface area contributed by atoms with Gasteiger partial charge in [-0.2, -0.15) is 31.6 Å². The molecule has 0 heterocycles. The molecule has 114 valence electrons. The Bertz CT molecular complexity index is 602. The summed E-state index contributed by atoms with van der Waals surface area (Å²) in [6.45, 7) is 0. The molecule has 1 rings (SSSR count). The molecule has 1 aromatic rings. The van der Waals surface area contributed by atoms with Crippen molar-refractivity contribution in [1.82, 2.24) is 0 Å². The van der Waals surface area contributed by atoms with Crippen molar-refractivity contribution in [1.29, 1.82) is 5.26 Å². The summed E-state index contributed by atoms with van der Waals surface area (Å²) in [5.41, 5.74) is -8.02. The Hall–Kier alpha value is -1.89. The predicted octanol–water partition coefficient (Wildman–Crippen LogP) is 3.98. The van der Waals surface area contributed by atoms with Gasteiger partial charge in [-0.1, -0.05) is 0 Å². The Kier molecular flexibility index (Phi) is 4.78. The number of nitrogens with zero attached hydrogens (tertiary/aromatic N) is 1. The van der Waals surface area contributed by atoms with Crippen LogP contribution < -0.4 is 0 Å². The van der Waals surface area contributed by atoms with E-state index in [1.54, 1.807) is 0 Å². The van der Waals surface area contributed by atoms with Crippen molar-refractivity contribution in [2.45, 2.75) is 16.6 Å². The first-order valence-corrected chi connectivity index (χ1v) is 5.80. The van der Waals surface area contributed by atoms with E-state index in [4.69, 9.17) is 5.26 Å². The standard InChI is InChI=1S/C11H5F6NO2S/c1-20-9(19)6-3-8(21-11(15,16)17)7(10(12,13)14)2-5(6)4-18/h2-3H,1H3. The number of rotatable bonds is 2. The molecule has 21 heavy (non-hydrogen) atoms. The lowest BCUT2D eigenvalue weighted by Crippen LogP contribution is -2.13. The summed E-state index contributed by atoms with van der Waals surface area (Å²) in [6, 6.07) is 1.87. The maximum Gasteiger partial charge on any atom is 0.446 e. The summed E-state index contributed by atoms with van der Waals surface area (Å²) in [5.74, 6) is -1.20. The number of halogens is 6. The number of hydrogen-bond acceptors (Lipinski definition) is 4. The Balaban J connectivity index is 3.58. The van der Waals surface area contributed by atoms with Crippen molar-refractivity contribution in [2.24, 2.45) is 0 Å². The lowest BCUT2D eigenvalue weighted by Gasteiger charge is -2.15. The molecule has 0 N–H and O–H groups in total. The van der Waals surface area contributed by atoms with Crippen LogP contribution in [0.1, 0.15) is 21.5 Å². The average molecular weight is 329 g/mol. The summed E-state index contributed by atoms with van der Waals surface area (Å²) < 4.78 is 79.4. The third-order valence-electron chi connectivity index (χ3n) is 2.18. The third kappa shape index (κ3) is 4.29. The van der Waals surface area contributed by atoms with E-state index in [9.17, 15) is 31.1 Å². The minimum atomic E-state index is -5.10. The highest BCUT2D eigenvalue weighted by Crippen LogP contribution is 2.44. The number of nitriles is 1. The fraction of sp³-hybridized carbons (Fsp3) is 0.273. The summed E-state index contributed by atoms with van der Waals surface area (Å²) in [5, 5.41) is 8.72. The second-order valence-electron chi connectivity index (χ2n) is 3.54. The summed E-state index contributed by atoms with van der Waals surface area (Å²) in [7, 11) is 0.887. The first kappa shape index (κ1) is 17.2. The smallest absolute Gasteiger partial charge is 0.446 e. The zero-order valence-corrected chi connectivity index (χ0v) is 10.9. The molecule has 0 fully saturated rings. The van der Waals surface area contributed by atoms with Gasteiger partial charge in [0.25, 0.3) is 0 Å². The molecule has 0 saturated carbocycles. The van der Waals surface area contributed by atoms with Crippen molar-refractivity contribution in [2.75, 3.05) is 7.11 Å². The van der Waals surface area contributed by atoms with Gasteiger partial charge in [0.2, 0.25) is 0 Å². The van der Waals surface area contributed by atoms with Gasteiger partial charge in [-0.3, -0.25) is 0 Å². The van der Waals surface area contributed by atoms with Gasteiger partial charge in [-0.05, 0) is 23.9 Å². The largest absolute Gasteiger partial charge is 0.465 e. The number of hydrogen-bond donors (Lipinski definition) is 0. The van der Waals surface area contributed by atoms with Crippen LogP contribution in [-0.2, 0) is 10.9 Å². The van der Waals surface area contributed by atoms with Crippen LogP contribution >= 0.6 is 11.8 Å². The molecule has 0 amide bonds. The number of benzene rings is 1. The van der Waals surface area contributed by atoms with Gasteiger partial charge in [-0.25, -0.2) is 4.79 Å². The number of methoxy groups -OCH3 is 1. The van der Waals surface area contributed by atoms with Crippen molar-refractivity contribution in [3.05, 3.63) is 28.8 Å². The molecule has 0 aromatic heterocycles. The number of alkyl halides is 6. The zero-order valence-electron chi connectivity index (χ0n) is 10.1. The molecule has 0 unspecified atom stereocenters. The second kappa shape index (κ2) is 5.85. The van der Waals surface area contributed by atoms with Crippen molar-refractivity contribution in [3.8, 4) is 6.07 Å². The van der Waals surface area contributed by atoms with Crippen LogP contribution in [0.4, 0.5) is 26.3 Å². The normalized spacial score (nSPS) is 11.9. The van der Waals surface area contributed by atoms with Crippen LogP contribution in [0.3, 0.4) is 0 Å². The number of esters is 1. The van der Waals surface area contributed by atoms with E-state index in [1.807, 2.05) is 0 Å². The van der Waals surface area contributed by atoms with Crippen LogP contribution in [-0.4, -0.2) is 18.6 Å². The molecule has 0 bridgehead atoms. The Morgan fingerprint density at radius 2 is 1.81 bits per heavy atom. The van der Waals surface area contributed by atoms with Gasteiger partial charge in [0, 0.05) is 4.90 Å². The number of ether oxygens (including phenoxy) is 1. The zero-order chi connectivity index (χ0) is 16.4. The van der Waals surface area contributed by atoms with Crippen LogP contribution in [0.5, 0.6) is 0 Å². The Morgan fingerprint density at radius 3 is 2.19 bits per heavy atom. The summed E-state index contributed by atoms with van der Waals surface area (Å²) >= 11 is -1.02. The summed E-state index contributed by atoms with van der Waals surface area (Å²) in [4.78, 5) is 10.1. The van der Waals surface area contributed by atoms with E-state index >= 15 is 0 Å². The van der Waals surface area contributed by atoms with Gasteiger partial charge >= 0.3 is 17.7 Å². The fourth-order valence-electron chi connectivity index (χ4n) is 1.38. The van der Waals surface area contributed by atoms with E-state index in [1.165, 1.54) is 6.07 Å². The number of carbonyl (C=O) groups excluding carboxylic acids is 1. The van der Waals surface area contributed by atoms with Crippen LogP contribution in [0.25, 0.3) is 0 Å². The highest BCUT2D eigenvalue weighted by molar-refractivity contribution is 8.00. The lowest BCUT2D eigenvalue weighted by molar-refractivity contribution is -0.139. The molecule has 0 aliphatic rings. The highest BCUT2D eigenvalue weighted by atomic mass is 32.2.